The number of benzene rings is 1. The first-order chi connectivity index (χ1) is 9.60. The van der Waals surface area contributed by atoms with E-state index in [0.717, 1.165) is 11.3 Å². The van der Waals surface area contributed by atoms with Crippen LogP contribution in [-0.4, -0.2) is 29.9 Å². The van der Waals surface area contributed by atoms with Crippen molar-refractivity contribution in [2.75, 3.05) is 13.7 Å². The predicted molar refractivity (Wildman–Crippen MR) is 74.7 cm³/mol. The van der Waals surface area contributed by atoms with Crippen LogP contribution in [0.25, 0.3) is 0 Å². The Morgan fingerprint density at radius 1 is 1.35 bits per heavy atom. The van der Waals surface area contributed by atoms with Gasteiger partial charge in [0.05, 0.1) is 7.11 Å². The number of aliphatic hydroxyl groups excluding tert-OH is 1. The van der Waals surface area contributed by atoms with Crippen LogP contribution in [0, 0.1) is 0 Å². The molecule has 0 saturated heterocycles. The summed E-state index contributed by atoms with van der Waals surface area (Å²) in [4.78, 5) is 10.9. The van der Waals surface area contributed by atoms with Gasteiger partial charge in [-0.15, -0.1) is 11.3 Å². The van der Waals surface area contributed by atoms with Crippen molar-refractivity contribution >= 4 is 17.3 Å². The molecule has 2 rings (SSSR count). The lowest BCUT2D eigenvalue weighted by Crippen LogP contribution is -2.09. The van der Waals surface area contributed by atoms with Crippen LogP contribution in [0.2, 0.25) is 0 Å². The molecular formula is C14H14O5S. The highest BCUT2D eigenvalue weighted by Gasteiger charge is 2.12. The highest BCUT2D eigenvalue weighted by Crippen LogP contribution is 2.24. The first-order valence-corrected chi connectivity index (χ1v) is 6.74. The summed E-state index contributed by atoms with van der Waals surface area (Å²) in [6, 6.07) is 8.50. The van der Waals surface area contributed by atoms with Gasteiger partial charge in [0.15, 0.2) is 0 Å². The molecule has 0 radical (unpaired) electrons. The highest BCUT2D eigenvalue weighted by atomic mass is 32.1. The number of hydrogen-bond donors (Lipinski definition) is 2. The van der Waals surface area contributed by atoms with Crippen LogP contribution in [0.5, 0.6) is 11.5 Å². The third kappa shape index (κ3) is 3.49. The first-order valence-electron chi connectivity index (χ1n) is 5.87. The average molecular weight is 294 g/mol. The Morgan fingerprint density at radius 3 is 2.80 bits per heavy atom. The molecule has 5 nitrogen and oxygen atoms in total. The van der Waals surface area contributed by atoms with Crippen LogP contribution >= 0.6 is 11.3 Å². The van der Waals surface area contributed by atoms with E-state index < -0.39 is 12.1 Å². The quantitative estimate of drug-likeness (QED) is 0.856. The van der Waals surface area contributed by atoms with Crippen LogP contribution < -0.4 is 9.47 Å². The molecule has 0 aliphatic rings. The SMILES string of the molecule is COc1cccc(C(O)COc2csc(C(=O)O)c2)c1. The number of carboxylic acids is 1. The van der Waals surface area contributed by atoms with Gasteiger partial charge in [-0.2, -0.15) is 0 Å². The van der Waals surface area contributed by atoms with E-state index in [4.69, 9.17) is 14.6 Å². The van der Waals surface area contributed by atoms with E-state index in [1.165, 1.54) is 6.07 Å². The summed E-state index contributed by atoms with van der Waals surface area (Å²) in [5, 5.41) is 20.4. The van der Waals surface area contributed by atoms with Gasteiger partial charge in [-0.05, 0) is 17.7 Å². The molecule has 0 spiro atoms. The van der Waals surface area contributed by atoms with Crippen LogP contribution in [0.15, 0.2) is 35.7 Å². The van der Waals surface area contributed by atoms with E-state index in [2.05, 4.69) is 0 Å². The molecule has 0 amide bonds. The Bertz CT molecular complexity index is 593. The van der Waals surface area contributed by atoms with E-state index in [9.17, 15) is 9.90 Å². The number of hydrogen-bond acceptors (Lipinski definition) is 5. The lowest BCUT2D eigenvalue weighted by molar-refractivity contribution is 0.0701. The topological polar surface area (TPSA) is 76.0 Å². The molecule has 1 heterocycles. The van der Waals surface area contributed by atoms with Crippen molar-refractivity contribution < 1.29 is 24.5 Å². The summed E-state index contributed by atoms with van der Waals surface area (Å²) in [7, 11) is 1.56. The number of rotatable bonds is 6. The standard InChI is InChI=1S/C14H14O5S/c1-18-10-4-2-3-9(5-10)12(15)7-19-11-6-13(14(16)17)20-8-11/h2-6,8,12,15H,7H2,1H3,(H,16,17). The lowest BCUT2D eigenvalue weighted by atomic mass is 10.1. The number of carbonyl (C=O) groups is 1. The zero-order chi connectivity index (χ0) is 14.5. The maximum atomic E-state index is 10.7. The van der Waals surface area contributed by atoms with Gasteiger partial charge in [0.1, 0.15) is 29.1 Å². The van der Waals surface area contributed by atoms with Gasteiger partial charge in [0.25, 0.3) is 0 Å². The molecule has 1 aromatic heterocycles. The molecule has 0 aliphatic heterocycles. The molecule has 0 aliphatic carbocycles. The molecule has 1 unspecified atom stereocenters. The summed E-state index contributed by atoms with van der Waals surface area (Å²) >= 11 is 1.09. The Kier molecular flexibility index (Phi) is 4.60. The van der Waals surface area contributed by atoms with E-state index >= 15 is 0 Å². The third-order valence-corrected chi connectivity index (χ3v) is 3.57. The Morgan fingerprint density at radius 2 is 2.15 bits per heavy atom. The molecular weight excluding hydrogens is 280 g/mol. The molecule has 106 valence electrons. The zero-order valence-corrected chi connectivity index (χ0v) is 11.6. The fourth-order valence-electron chi connectivity index (χ4n) is 1.63. The second-order valence-corrected chi connectivity index (χ2v) is 4.97. The van der Waals surface area contributed by atoms with Crippen LogP contribution in [0.4, 0.5) is 0 Å². The van der Waals surface area contributed by atoms with Gasteiger partial charge in [0.2, 0.25) is 0 Å². The number of methoxy groups -OCH3 is 1. The lowest BCUT2D eigenvalue weighted by Gasteiger charge is -2.12. The van der Waals surface area contributed by atoms with Crippen molar-refractivity contribution in [3.63, 3.8) is 0 Å². The van der Waals surface area contributed by atoms with Crippen molar-refractivity contribution in [1.29, 1.82) is 0 Å². The minimum atomic E-state index is -0.988. The van der Waals surface area contributed by atoms with E-state index in [0.29, 0.717) is 17.1 Å². The summed E-state index contributed by atoms with van der Waals surface area (Å²) in [5.74, 6) is 0.109. The fourth-order valence-corrected chi connectivity index (χ4v) is 2.29. The predicted octanol–water partition coefficient (Wildman–Crippen LogP) is 2.57. The van der Waals surface area contributed by atoms with Gasteiger partial charge in [-0.1, -0.05) is 12.1 Å². The van der Waals surface area contributed by atoms with Crippen molar-refractivity contribution in [2.24, 2.45) is 0 Å². The minimum absolute atomic E-state index is 0.0446. The smallest absolute Gasteiger partial charge is 0.346 e. The van der Waals surface area contributed by atoms with E-state index in [1.54, 1.807) is 36.8 Å². The van der Waals surface area contributed by atoms with E-state index in [-0.39, 0.29) is 11.5 Å². The van der Waals surface area contributed by atoms with E-state index in [1.807, 2.05) is 0 Å². The van der Waals surface area contributed by atoms with Crippen molar-refractivity contribution in [3.8, 4) is 11.5 Å². The van der Waals surface area contributed by atoms with Gasteiger partial charge in [0, 0.05) is 11.4 Å². The monoisotopic (exact) mass is 294 g/mol. The largest absolute Gasteiger partial charge is 0.497 e. The Balaban J connectivity index is 1.96. The van der Waals surface area contributed by atoms with Crippen LogP contribution in [-0.2, 0) is 0 Å². The summed E-state index contributed by atoms with van der Waals surface area (Å²) in [6.45, 7) is 0.0446. The van der Waals surface area contributed by atoms with Gasteiger partial charge >= 0.3 is 5.97 Å². The minimum Gasteiger partial charge on any atom is -0.497 e. The normalized spacial score (nSPS) is 11.9. The molecule has 0 fully saturated rings. The summed E-state index contributed by atoms with van der Waals surface area (Å²) < 4.78 is 10.5. The second kappa shape index (κ2) is 6.40. The molecule has 2 N–H and O–H groups in total. The number of aliphatic hydroxyl groups is 1. The molecule has 6 heteroatoms. The molecule has 0 saturated carbocycles. The molecule has 20 heavy (non-hydrogen) atoms. The Labute approximate surface area is 120 Å². The highest BCUT2D eigenvalue weighted by molar-refractivity contribution is 7.12. The number of ether oxygens (including phenoxy) is 2. The number of aromatic carboxylic acids is 1. The fraction of sp³-hybridized carbons (Fsp3) is 0.214. The maximum Gasteiger partial charge on any atom is 0.346 e. The van der Waals surface area contributed by atoms with Crippen LogP contribution in [0.1, 0.15) is 21.3 Å². The maximum absolute atomic E-state index is 10.7. The summed E-state index contributed by atoms with van der Waals surface area (Å²) in [5.41, 5.74) is 0.679. The molecule has 2 aromatic rings. The third-order valence-electron chi connectivity index (χ3n) is 2.67. The van der Waals surface area contributed by atoms with Gasteiger partial charge < -0.3 is 19.7 Å². The van der Waals surface area contributed by atoms with Crippen LogP contribution in [0.3, 0.4) is 0 Å². The number of carboxylic acid groups (broad SMARTS) is 1. The van der Waals surface area contributed by atoms with Gasteiger partial charge in [-0.3, -0.25) is 0 Å². The molecule has 1 aromatic carbocycles. The number of thiophene rings is 1. The van der Waals surface area contributed by atoms with Crippen molar-refractivity contribution in [3.05, 3.63) is 46.2 Å². The first kappa shape index (κ1) is 14.4. The zero-order valence-electron chi connectivity index (χ0n) is 10.8. The van der Waals surface area contributed by atoms with Crippen molar-refractivity contribution in [1.82, 2.24) is 0 Å². The van der Waals surface area contributed by atoms with Crippen molar-refractivity contribution in [2.45, 2.75) is 6.10 Å². The summed E-state index contributed by atoms with van der Waals surface area (Å²) in [6.07, 6.45) is -0.807. The average Bonchev–Trinajstić information content (AvgIpc) is 2.94. The Hall–Kier alpha value is -2.05. The molecule has 1 atom stereocenters. The van der Waals surface area contributed by atoms with Gasteiger partial charge in [-0.25, -0.2) is 4.79 Å². The second-order valence-electron chi connectivity index (χ2n) is 4.06. The molecule has 0 bridgehead atoms.